The van der Waals surface area contributed by atoms with Crippen LogP contribution in [-0.4, -0.2) is 33.7 Å². The van der Waals surface area contributed by atoms with Gasteiger partial charge in [-0.2, -0.15) is 5.10 Å². The molecule has 0 bridgehead atoms. The molecular formula is C8H6BF3N2O3. The van der Waals surface area contributed by atoms with Crippen molar-refractivity contribution in [1.29, 1.82) is 0 Å². The number of halogens is 3. The van der Waals surface area contributed by atoms with Crippen LogP contribution in [0.5, 0.6) is 5.75 Å². The molecule has 1 aromatic heterocycles. The molecule has 0 aliphatic rings. The van der Waals surface area contributed by atoms with E-state index in [1.165, 1.54) is 6.20 Å². The normalized spacial score (nSPS) is 11.8. The topological polar surface area (TPSA) is 78.4 Å². The molecule has 0 amide bonds. The van der Waals surface area contributed by atoms with E-state index in [0.29, 0.717) is 10.9 Å². The number of hydrogen-bond donors (Lipinski definition) is 3. The van der Waals surface area contributed by atoms with E-state index in [9.17, 15) is 13.2 Å². The van der Waals surface area contributed by atoms with Gasteiger partial charge in [0.2, 0.25) is 0 Å². The Morgan fingerprint density at radius 1 is 1.29 bits per heavy atom. The number of aromatic nitrogens is 2. The number of benzene rings is 1. The second-order valence-electron chi connectivity index (χ2n) is 3.27. The first-order valence-corrected chi connectivity index (χ1v) is 4.46. The van der Waals surface area contributed by atoms with Crippen LogP contribution in [0.1, 0.15) is 0 Å². The van der Waals surface area contributed by atoms with Gasteiger partial charge in [0.1, 0.15) is 5.75 Å². The summed E-state index contributed by atoms with van der Waals surface area (Å²) in [5.74, 6) is -0.665. The van der Waals surface area contributed by atoms with Crippen molar-refractivity contribution in [3.63, 3.8) is 0 Å². The molecule has 90 valence electrons. The molecular weight excluding hydrogens is 240 g/mol. The van der Waals surface area contributed by atoms with E-state index in [1.54, 1.807) is 0 Å². The number of H-pyrrole nitrogens is 1. The van der Waals surface area contributed by atoms with Gasteiger partial charge in [-0.05, 0) is 12.1 Å². The van der Waals surface area contributed by atoms with Crippen molar-refractivity contribution < 1.29 is 28.0 Å². The molecule has 0 aliphatic carbocycles. The van der Waals surface area contributed by atoms with Crippen molar-refractivity contribution in [2.45, 2.75) is 6.36 Å². The van der Waals surface area contributed by atoms with E-state index >= 15 is 0 Å². The molecule has 17 heavy (non-hydrogen) atoms. The quantitative estimate of drug-likeness (QED) is 0.658. The summed E-state index contributed by atoms with van der Waals surface area (Å²) in [6.45, 7) is 0. The van der Waals surface area contributed by atoms with Crippen LogP contribution in [0.4, 0.5) is 13.2 Å². The molecule has 0 atom stereocenters. The van der Waals surface area contributed by atoms with Gasteiger partial charge >= 0.3 is 13.5 Å². The molecule has 0 radical (unpaired) electrons. The maximum absolute atomic E-state index is 12.1. The van der Waals surface area contributed by atoms with Crippen LogP contribution >= 0.6 is 0 Å². The van der Waals surface area contributed by atoms with Gasteiger partial charge in [-0.25, -0.2) is 0 Å². The second-order valence-corrected chi connectivity index (χ2v) is 3.27. The van der Waals surface area contributed by atoms with Crippen LogP contribution < -0.4 is 10.2 Å². The summed E-state index contributed by atoms with van der Waals surface area (Å²) in [7, 11) is -2.07. The molecule has 5 nitrogen and oxygen atoms in total. The zero-order valence-corrected chi connectivity index (χ0v) is 8.19. The summed E-state index contributed by atoms with van der Waals surface area (Å²) < 4.78 is 40.0. The van der Waals surface area contributed by atoms with Gasteiger partial charge in [0.05, 0.1) is 11.7 Å². The number of nitrogens with zero attached hydrogens (tertiary/aromatic N) is 1. The molecule has 0 unspecified atom stereocenters. The number of hydrogen-bond acceptors (Lipinski definition) is 4. The van der Waals surface area contributed by atoms with Crippen molar-refractivity contribution in [3.05, 3.63) is 18.3 Å². The summed E-state index contributed by atoms with van der Waals surface area (Å²) in [6.07, 6.45) is -3.60. The zero-order chi connectivity index (χ0) is 12.6. The van der Waals surface area contributed by atoms with Gasteiger partial charge < -0.3 is 14.8 Å². The molecule has 0 saturated carbocycles. The highest BCUT2D eigenvalue weighted by molar-refractivity contribution is 6.60. The van der Waals surface area contributed by atoms with E-state index in [0.717, 1.165) is 12.1 Å². The SMILES string of the molecule is OB(O)c1cc2[nH]ncc2cc1OC(F)(F)F. The minimum absolute atomic E-state index is 0.369. The fourth-order valence-corrected chi connectivity index (χ4v) is 1.40. The Kier molecular flexibility index (Phi) is 2.72. The molecule has 0 fully saturated rings. The van der Waals surface area contributed by atoms with Crippen LogP contribution in [0.15, 0.2) is 18.3 Å². The molecule has 0 aliphatic heterocycles. The third kappa shape index (κ3) is 2.51. The Bertz CT molecular complexity index is 540. The summed E-state index contributed by atoms with van der Waals surface area (Å²) in [5, 5.41) is 24.4. The molecule has 0 spiro atoms. The van der Waals surface area contributed by atoms with Crippen molar-refractivity contribution in [2.75, 3.05) is 0 Å². The first-order chi connectivity index (χ1) is 7.87. The lowest BCUT2D eigenvalue weighted by Gasteiger charge is -2.12. The van der Waals surface area contributed by atoms with Crippen molar-refractivity contribution >= 4 is 23.5 Å². The van der Waals surface area contributed by atoms with E-state index in [1.807, 2.05) is 0 Å². The predicted octanol–water partition coefficient (Wildman–Crippen LogP) is 0.141. The van der Waals surface area contributed by atoms with Crippen LogP contribution in [0.3, 0.4) is 0 Å². The van der Waals surface area contributed by atoms with Crippen LogP contribution in [0.25, 0.3) is 10.9 Å². The fraction of sp³-hybridized carbons (Fsp3) is 0.125. The van der Waals surface area contributed by atoms with Gasteiger partial charge in [-0.3, -0.25) is 5.10 Å². The lowest BCUT2D eigenvalue weighted by atomic mass is 9.79. The second kappa shape index (κ2) is 3.93. The zero-order valence-electron chi connectivity index (χ0n) is 8.19. The highest BCUT2D eigenvalue weighted by atomic mass is 19.4. The van der Waals surface area contributed by atoms with Gasteiger partial charge in [0.15, 0.2) is 0 Å². The Hall–Kier alpha value is -1.74. The number of fused-ring (bicyclic) bond motifs is 1. The first-order valence-electron chi connectivity index (χ1n) is 4.46. The van der Waals surface area contributed by atoms with E-state index in [4.69, 9.17) is 10.0 Å². The van der Waals surface area contributed by atoms with E-state index in [-0.39, 0.29) is 5.46 Å². The Morgan fingerprint density at radius 3 is 2.59 bits per heavy atom. The number of aromatic amines is 1. The molecule has 3 N–H and O–H groups in total. The third-order valence-corrected chi connectivity index (χ3v) is 2.07. The molecule has 2 aromatic rings. The minimum atomic E-state index is -4.90. The molecule has 0 saturated heterocycles. The lowest BCUT2D eigenvalue weighted by molar-refractivity contribution is -0.274. The van der Waals surface area contributed by atoms with Gasteiger partial charge in [-0.1, -0.05) is 0 Å². The lowest BCUT2D eigenvalue weighted by Crippen LogP contribution is -2.33. The smallest absolute Gasteiger partial charge is 0.423 e. The number of ether oxygens (including phenoxy) is 1. The molecule has 1 heterocycles. The van der Waals surface area contributed by atoms with Crippen molar-refractivity contribution in [2.24, 2.45) is 0 Å². The average Bonchev–Trinajstić information content (AvgIpc) is 2.60. The fourth-order valence-electron chi connectivity index (χ4n) is 1.40. The minimum Gasteiger partial charge on any atom is -0.423 e. The standard InChI is InChI=1S/C8H6BF3N2O3/c10-8(11,12)17-7-1-4-3-13-14-6(4)2-5(7)9(15)16/h1-3,15-16H,(H,13,14). The summed E-state index contributed by atoms with van der Waals surface area (Å²) in [5.41, 5.74) is -0.0123. The van der Waals surface area contributed by atoms with Gasteiger partial charge in [-0.15, -0.1) is 13.2 Å². The van der Waals surface area contributed by atoms with Gasteiger partial charge in [0.25, 0.3) is 0 Å². The number of nitrogens with one attached hydrogen (secondary N) is 1. The number of alkyl halides is 3. The maximum Gasteiger partial charge on any atom is 0.573 e. The Balaban J connectivity index is 2.53. The van der Waals surface area contributed by atoms with E-state index < -0.39 is 19.2 Å². The predicted molar refractivity (Wildman–Crippen MR) is 52.6 cm³/mol. The number of rotatable bonds is 2. The maximum atomic E-state index is 12.1. The summed E-state index contributed by atoms with van der Waals surface area (Å²) in [4.78, 5) is 0. The van der Waals surface area contributed by atoms with E-state index in [2.05, 4.69) is 14.9 Å². The largest absolute Gasteiger partial charge is 0.573 e. The summed E-state index contributed by atoms with van der Waals surface area (Å²) in [6, 6.07) is 2.16. The first kappa shape index (κ1) is 11.7. The monoisotopic (exact) mass is 246 g/mol. The van der Waals surface area contributed by atoms with Crippen molar-refractivity contribution in [3.8, 4) is 5.75 Å². The van der Waals surface area contributed by atoms with Crippen LogP contribution in [0.2, 0.25) is 0 Å². The Labute approximate surface area is 93.0 Å². The molecule has 1 aromatic carbocycles. The summed E-state index contributed by atoms with van der Waals surface area (Å²) >= 11 is 0. The molecule has 9 heteroatoms. The average molecular weight is 246 g/mol. The van der Waals surface area contributed by atoms with Crippen molar-refractivity contribution in [1.82, 2.24) is 10.2 Å². The molecule has 2 rings (SSSR count). The van der Waals surface area contributed by atoms with Crippen LogP contribution in [-0.2, 0) is 0 Å². The Morgan fingerprint density at radius 2 is 2.00 bits per heavy atom. The third-order valence-electron chi connectivity index (χ3n) is 2.07. The van der Waals surface area contributed by atoms with Crippen LogP contribution in [0, 0.1) is 0 Å². The van der Waals surface area contributed by atoms with Gasteiger partial charge in [0, 0.05) is 10.8 Å². The highest BCUT2D eigenvalue weighted by Gasteiger charge is 2.33. The highest BCUT2D eigenvalue weighted by Crippen LogP contribution is 2.24.